The molecule has 3 aromatic rings. The van der Waals surface area contributed by atoms with Crippen molar-refractivity contribution in [1.29, 1.82) is 0 Å². The molecule has 1 amide bonds. The number of fused-ring (bicyclic) bond motifs is 1. The van der Waals surface area contributed by atoms with Gasteiger partial charge in [-0.15, -0.1) is 0 Å². The fourth-order valence-corrected chi connectivity index (χ4v) is 3.61. The lowest BCUT2D eigenvalue weighted by Gasteiger charge is -2.18. The molecule has 0 aromatic heterocycles. The van der Waals surface area contributed by atoms with Gasteiger partial charge < -0.3 is 10.4 Å². The van der Waals surface area contributed by atoms with E-state index in [1.54, 1.807) is 24.3 Å². The van der Waals surface area contributed by atoms with Gasteiger partial charge in [0.15, 0.2) is 0 Å². The minimum absolute atomic E-state index is 0.0909. The lowest BCUT2D eigenvalue weighted by Crippen LogP contribution is -2.34. The summed E-state index contributed by atoms with van der Waals surface area (Å²) in [5.41, 5.74) is 3.46. The van der Waals surface area contributed by atoms with E-state index in [0.717, 1.165) is 11.1 Å². The summed E-state index contributed by atoms with van der Waals surface area (Å²) in [5, 5.41) is 13.0. The third-order valence-electron chi connectivity index (χ3n) is 5.06. The van der Waals surface area contributed by atoms with Gasteiger partial charge in [0.1, 0.15) is 12.1 Å². The van der Waals surface area contributed by atoms with Gasteiger partial charge in [0.2, 0.25) is 0 Å². The second kappa shape index (κ2) is 7.37. The third-order valence-corrected chi connectivity index (χ3v) is 5.06. The van der Waals surface area contributed by atoms with Crippen molar-refractivity contribution in [1.82, 2.24) is 5.32 Å². The minimum Gasteiger partial charge on any atom is -0.390 e. The van der Waals surface area contributed by atoms with Crippen LogP contribution in [0.4, 0.5) is 4.39 Å². The summed E-state index contributed by atoms with van der Waals surface area (Å²) in [6.07, 6.45) is 0.258. The Morgan fingerprint density at radius 2 is 1.82 bits per heavy atom. The number of halogens is 1. The normalized spacial score (nSPS) is 17.8. The summed E-state index contributed by atoms with van der Waals surface area (Å²) in [7, 11) is 0. The first-order valence-electron chi connectivity index (χ1n) is 8.98. The Kier molecular flexibility index (Phi) is 4.75. The summed E-state index contributed by atoms with van der Waals surface area (Å²) in [6, 6.07) is 18.2. The molecule has 140 valence electrons. The van der Waals surface area contributed by atoms with Gasteiger partial charge in [0, 0.05) is 12.0 Å². The van der Waals surface area contributed by atoms with Crippen LogP contribution in [0.15, 0.2) is 66.7 Å². The van der Waals surface area contributed by atoms with E-state index in [1.165, 1.54) is 12.1 Å². The number of hydrogen-bond donors (Lipinski definition) is 2. The molecule has 5 heteroatoms. The Morgan fingerprint density at radius 1 is 1.04 bits per heavy atom. The number of aliphatic hydroxyl groups is 1. The average molecular weight is 375 g/mol. The van der Waals surface area contributed by atoms with E-state index in [9.17, 15) is 19.1 Å². The number of benzene rings is 3. The van der Waals surface area contributed by atoms with Crippen LogP contribution in [0.25, 0.3) is 11.1 Å². The monoisotopic (exact) mass is 375 g/mol. The summed E-state index contributed by atoms with van der Waals surface area (Å²) in [5.74, 6) is -1.24. The van der Waals surface area contributed by atoms with Crippen molar-refractivity contribution in [3.05, 3.63) is 94.8 Å². The molecule has 1 aliphatic carbocycles. The smallest absolute Gasteiger partial charge is 0.254 e. The Labute approximate surface area is 161 Å². The highest BCUT2D eigenvalue weighted by Crippen LogP contribution is 2.32. The predicted molar refractivity (Wildman–Crippen MR) is 104 cm³/mol. The van der Waals surface area contributed by atoms with Gasteiger partial charge in [-0.3, -0.25) is 9.59 Å². The molecule has 0 unspecified atom stereocenters. The van der Waals surface area contributed by atoms with Crippen molar-refractivity contribution >= 4 is 12.2 Å². The maximum Gasteiger partial charge on any atom is 0.254 e. The van der Waals surface area contributed by atoms with Crippen molar-refractivity contribution in [3.63, 3.8) is 0 Å². The summed E-state index contributed by atoms with van der Waals surface area (Å²) >= 11 is 0. The van der Waals surface area contributed by atoms with E-state index in [-0.39, 0.29) is 5.56 Å². The largest absolute Gasteiger partial charge is 0.390 e. The van der Waals surface area contributed by atoms with Crippen molar-refractivity contribution in [2.24, 2.45) is 0 Å². The molecule has 3 aromatic carbocycles. The van der Waals surface area contributed by atoms with Crippen molar-refractivity contribution < 1.29 is 19.1 Å². The first-order valence-corrected chi connectivity index (χ1v) is 8.98. The minimum atomic E-state index is -0.826. The predicted octanol–water partition coefficient (Wildman–Crippen LogP) is 3.69. The number of rotatable bonds is 4. The molecular formula is C23H18FNO3. The summed E-state index contributed by atoms with van der Waals surface area (Å²) in [4.78, 5) is 23.7. The SMILES string of the molecule is O=Cc1ccc2c(c1)[C@@H](NC(=O)c1ccc(-c3ccccc3)cc1F)[C@H](O)C2. The second-order valence-electron chi connectivity index (χ2n) is 6.86. The molecule has 0 aliphatic heterocycles. The number of aliphatic hydroxyl groups excluding tert-OH is 1. The number of carbonyl (C=O) groups is 2. The fraction of sp³-hybridized carbons (Fsp3) is 0.130. The number of nitrogens with one attached hydrogen (secondary N) is 1. The lowest BCUT2D eigenvalue weighted by molar-refractivity contribution is 0.0854. The Morgan fingerprint density at radius 3 is 2.54 bits per heavy atom. The lowest BCUT2D eigenvalue weighted by atomic mass is 10.0. The van der Waals surface area contributed by atoms with Gasteiger partial charge in [0.05, 0.1) is 17.7 Å². The highest BCUT2D eigenvalue weighted by atomic mass is 19.1. The number of carbonyl (C=O) groups excluding carboxylic acids is 2. The summed E-state index contributed by atoms with van der Waals surface area (Å²) < 4.78 is 14.6. The molecule has 1 aliphatic rings. The quantitative estimate of drug-likeness (QED) is 0.684. The van der Waals surface area contributed by atoms with Gasteiger partial charge in [-0.2, -0.15) is 0 Å². The maximum atomic E-state index is 14.6. The number of amides is 1. The molecular weight excluding hydrogens is 357 g/mol. The van der Waals surface area contributed by atoms with Crippen LogP contribution in [0.5, 0.6) is 0 Å². The third kappa shape index (κ3) is 3.32. The molecule has 0 heterocycles. The molecule has 0 saturated carbocycles. The Balaban J connectivity index is 1.59. The highest BCUT2D eigenvalue weighted by molar-refractivity contribution is 5.95. The molecule has 4 rings (SSSR count). The Bertz CT molecular complexity index is 1050. The number of hydrogen-bond acceptors (Lipinski definition) is 3. The molecule has 28 heavy (non-hydrogen) atoms. The maximum absolute atomic E-state index is 14.6. The van der Waals surface area contributed by atoms with Gasteiger partial charge in [-0.25, -0.2) is 4.39 Å². The Hall–Kier alpha value is -3.31. The van der Waals surface area contributed by atoms with Gasteiger partial charge >= 0.3 is 0 Å². The summed E-state index contributed by atoms with van der Waals surface area (Å²) in [6.45, 7) is 0. The molecule has 0 saturated heterocycles. The van der Waals surface area contributed by atoms with Crippen molar-refractivity contribution in [3.8, 4) is 11.1 Å². The topological polar surface area (TPSA) is 66.4 Å². The second-order valence-corrected chi connectivity index (χ2v) is 6.86. The van der Waals surface area contributed by atoms with E-state index in [4.69, 9.17) is 0 Å². The van der Waals surface area contributed by atoms with Crippen LogP contribution in [0.2, 0.25) is 0 Å². The zero-order chi connectivity index (χ0) is 19.7. The van der Waals surface area contributed by atoms with E-state index in [2.05, 4.69) is 5.32 Å². The van der Waals surface area contributed by atoms with E-state index < -0.39 is 23.9 Å². The van der Waals surface area contributed by atoms with Gasteiger partial charge in [0.25, 0.3) is 5.91 Å². The van der Waals surface area contributed by atoms with E-state index in [1.807, 2.05) is 30.3 Å². The molecule has 0 spiro atoms. The fourth-order valence-electron chi connectivity index (χ4n) is 3.61. The van der Waals surface area contributed by atoms with Crippen molar-refractivity contribution in [2.45, 2.75) is 18.6 Å². The van der Waals surface area contributed by atoms with Crippen LogP contribution in [0.3, 0.4) is 0 Å². The molecule has 4 nitrogen and oxygen atoms in total. The first-order chi connectivity index (χ1) is 13.6. The van der Waals surface area contributed by atoms with Crippen LogP contribution >= 0.6 is 0 Å². The van der Waals surface area contributed by atoms with E-state index in [0.29, 0.717) is 29.4 Å². The molecule has 0 fully saturated rings. The van der Waals surface area contributed by atoms with Gasteiger partial charge in [-0.05, 0) is 40.5 Å². The first kappa shape index (κ1) is 18.1. The highest BCUT2D eigenvalue weighted by Gasteiger charge is 2.33. The molecule has 0 radical (unpaired) electrons. The van der Waals surface area contributed by atoms with E-state index >= 15 is 0 Å². The molecule has 2 atom stereocenters. The zero-order valence-corrected chi connectivity index (χ0v) is 14.9. The van der Waals surface area contributed by atoms with Crippen LogP contribution in [0.1, 0.15) is 37.9 Å². The van der Waals surface area contributed by atoms with Gasteiger partial charge in [-0.1, -0.05) is 48.5 Å². The standard InChI is InChI=1S/C23H18FNO3/c24-20-11-16(15-4-2-1-3-5-15)8-9-18(20)23(28)25-22-19-10-14(13-26)6-7-17(19)12-21(22)27/h1-11,13,21-22,27H,12H2,(H,25,28)/t21-,22-/m1/s1. The van der Waals surface area contributed by atoms with Crippen LogP contribution < -0.4 is 5.32 Å². The molecule has 0 bridgehead atoms. The van der Waals surface area contributed by atoms with Crippen LogP contribution in [0, 0.1) is 5.82 Å². The van der Waals surface area contributed by atoms with Crippen LogP contribution in [-0.2, 0) is 6.42 Å². The van der Waals surface area contributed by atoms with Crippen LogP contribution in [-0.4, -0.2) is 23.4 Å². The average Bonchev–Trinajstić information content (AvgIpc) is 3.02. The van der Waals surface area contributed by atoms with Crippen molar-refractivity contribution in [2.75, 3.05) is 0 Å². The number of aldehydes is 1. The molecule has 2 N–H and O–H groups in total. The zero-order valence-electron chi connectivity index (χ0n) is 14.9.